The lowest BCUT2D eigenvalue weighted by atomic mass is 9.86. The van der Waals surface area contributed by atoms with Crippen molar-refractivity contribution in [3.05, 3.63) is 52.7 Å². The summed E-state index contributed by atoms with van der Waals surface area (Å²) in [6, 6.07) is 6.05. The number of hydrogen-bond donors (Lipinski definition) is 3. The zero-order chi connectivity index (χ0) is 22.3. The van der Waals surface area contributed by atoms with Gasteiger partial charge in [0, 0.05) is 42.1 Å². The first-order valence-corrected chi connectivity index (χ1v) is 11.1. The van der Waals surface area contributed by atoms with Gasteiger partial charge in [0.05, 0.1) is 13.0 Å². The molecule has 1 aliphatic carbocycles. The molecule has 9 nitrogen and oxygen atoms in total. The SMILES string of the molecule is CCOC(=O)Cc1cnc(NCC2CCC(Nc3ccc4cc[nH]c(=O)c4n3)CC2)nc1. The van der Waals surface area contributed by atoms with Crippen LogP contribution in [-0.2, 0) is 16.0 Å². The maximum Gasteiger partial charge on any atom is 0.310 e. The Morgan fingerprint density at radius 3 is 2.69 bits per heavy atom. The summed E-state index contributed by atoms with van der Waals surface area (Å²) in [6.45, 7) is 2.97. The quantitative estimate of drug-likeness (QED) is 0.461. The molecule has 0 radical (unpaired) electrons. The summed E-state index contributed by atoms with van der Waals surface area (Å²) < 4.78 is 4.94. The van der Waals surface area contributed by atoms with Crippen LogP contribution in [0.2, 0.25) is 0 Å². The number of aromatic nitrogens is 4. The van der Waals surface area contributed by atoms with Gasteiger partial charge in [0.25, 0.3) is 5.56 Å². The van der Waals surface area contributed by atoms with Crippen LogP contribution in [-0.4, -0.2) is 45.1 Å². The Balaban J connectivity index is 1.22. The molecule has 3 aromatic heterocycles. The lowest BCUT2D eigenvalue weighted by Crippen LogP contribution is -2.29. The molecule has 1 saturated carbocycles. The first-order chi connectivity index (χ1) is 15.6. The Morgan fingerprint density at radius 2 is 1.94 bits per heavy atom. The number of rotatable bonds is 8. The average molecular weight is 437 g/mol. The van der Waals surface area contributed by atoms with E-state index in [1.807, 2.05) is 18.2 Å². The standard InChI is InChI=1S/C23H28N6O3/c1-2-32-20(30)11-16-13-26-23(27-14-16)25-12-15-3-6-18(7-4-15)28-19-8-5-17-9-10-24-22(31)21(17)29-19/h5,8-10,13-15,18H,2-4,6-7,11-12H2,1H3,(H,24,31)(H,28,29)(H,25,26,27). The smallest absolute Gasteiger partial charge is 0.310 e. The van der Waals surface area contributed by atoms with Crippen molar-refractivity contribution in [3.8, 4) is 0 Å². The first-order valence-electron chi connectivity index (χ1n) is 11.1. The van der Waals surface area contributed by atoms with Gasteiger partial charge in [0.15, 0.2) is 0 Å². The van der Waals surface area contributed by atoms with Crippen LogP contribution in [0.4, 0.5) is 11.8 Å². The fourth-order valence-corrected chi connectivity index (χ4v) is 4.01. The molecular formula is C23H28N6O3. The number of anilines is 2. The van der Waals surface area contributed by atoms with Gasteiger partial charge in [-0.15, -0.1) is 0 Å². The summed E-state index contributed by atoms with van der Waals surface area (Å²) in [5.74, 6) is 1.59. The number of fused-ring (bicyclic) bond motifs is 1. The highest BCUT2D eigenvalue weighted by atomic mass is 16.5. The maximum absolute atomic E-state index is 12.0. The lowest BCUT2D eigenvalue weighted by Gasteiger charge is -2.29. The molecule has 4 rings (SSSR count). The summed E-state index contributed by atoms with van der Waals surface area (Å²) in [5.41, 5.74) is 1.03. The third-order valence-electron chi connectivity index (χ3n) is 5.73. The Morgan fingerprint density at radius 1 is 1.16 bits per heavy atom. The first kappa shape index (κ1) is 21.7. The zero-order valence-electron chi connectivity index (χ0n) is 18.1. The molecule has 3 aromatic rings. The van der Waals surface area contributed by atoms with Crippen LogP contribution >= 0.6 is 0 Å². The molecule has 0 aromatic carbocycles. The molecule has 0 atom stereocenters. The van der Waals surface area contributed by atoms with E-state index >= 15 is 0 Å². The minimum atomic E-state index is -0.270. The van der Waals surface area contributed by atoms with E-state index < -0.39 is 0 Å². The molecule has 0 spiro atoms. The summed E-state index contributed by atoms with van der Waals surface area (Å²) in [6.07, 6.45) is 9.39. The third kappa shape index (κ3) is 5.60. The number of H-pyrrole nitrogens is 1. The van der Waals surface area contributed by atoms with E-state index in [1.54, 1.807) is 25.5 Å². The van der Waals surface area contributed by atoms with Crippen molar-refractivity contribution in [2.24, 2.45) is 5.92 Å². The number of nitrogens with zero attached hydrogens (tertiary/aromatic N) is 3. The Kier molecular flexibility index (Phi) is 6.94. The number of carbonyl (C=O) groups excluding carboxylic acids is 1. The van der Waals surface area contributed by atoms with Crippen molar-refractivity contribution in [3.63, 3.8) is 0 Å². The number of pyridine rings is 2. The molecule has 0 aliphatic heterocycles. The highest BCUT2D eigenvalue weighted by Gasteiger charge is 2.21. The van der Waals surface area contributed by atoms with E-state index in [0.29, 0.717) is 30.0 Å². The summed E-state index contributed by atoms with van der Waals surface area (Å²) in [4.78, 5) is 39.2. The second-order valence-corrected chi connectivity index (χ2v) is 8.08. The molecule has 9 heteroatoms. The summed E-state index contributed by atoms with van der Waals surface area (Å²) in [5, 5.41) is 7.62. The molecule has 168 valence electrons. The van der Waals surface area contributed by atoms with Gasteiger partial charge >= 0.3 is 5.97 Å². The lowest BCUT2D eigenvalue weighted by molar-refractivity contribution is -0.142. The number of hydrogen-bond acceptors (Lipinski definition) is 8. The Labute approximate surface area is 186 Å². The van der Waals surface area contributed by atoms with Crippen molar-refractivity contribution >= 4 is 28.6 Å². The molecular weight excluding hydrogens is 408 g/mol. The molecule has 3 N–H and O–H groups in total. The highest BCUT2D eigenvalue weighted by molar-refractivity contribution is 5.79. The van der Waals surface area contributed by atoms with Crippen LogP contribution in [0.25, 0.3) is 10.9 Å². The fraction of sp³-hybridized carbons (Fsp3) is 0.435. The van der Waals surface area contributed by atoms with Crippen LogP contribution in [0.5, 0.6) is 0 Å². The van der Waals surface area contributed by atoms with Gasteiger partial charge in [-0.05, 0) is 56.7 Å². The predicted octanol–water partition coefficient (Wildman–Crippen LogP) is 2.90. The van der Waals surface area contributed by atoms with Crippen molar-refractivity contribution in [1.29, 1.82) is 0 Å². The maximum atomic E-state index is 12.0. The van der Waals surface area contributed by atoms with E-state index in [4.69, 9.17) is 4.74 Å². The molecule has 0 saturated heterocycles. The molecule has 0 amide bonds. The number of ether oxygens (including phenoxy) is 1. The van der Waals surface area contributed by atoms with Gasteiger partial charge in [0.2, 0.25) is 5.95 Å². The third-order valence-corrected chi connectivity index (χ3v) is 5.73. The minimum absolute atomic E-state index is 0.169. The molecule has 0 unspecified atom stereocenters. The van der Waals surface area contributed by atoms with Gasteiger partial charge in [-0.25, -0.2) is 15.0 Å². The molecule has 3 heterocycles. The van der Waals surface area contributed by atoms with Gasteiger partial charge in [0.1, 0.15) is 11.3 Å². The van der Waals surface area contributed by atoms with E-state index in [0.717, 1.165) is 49.0 Å². The van der Waals surface area contributed by atoms with Gasteiger partial charge < -0.3 is 20.4 Å². The molecule has 32 heavy (non-hydrogen) atoms. The van der Waals surface area contributed by atoms with Crippen molar-refractivity contribution in [2.45, 2.75) is 45.1 Å². The minimum Gasteiger partial charge on any atom is -0.466 e. The molecule has 1 fully saturated rings. The highest BCUT2D eigenvalue weighted by Crippen LogP contribution is 2.26. The van der Waals surface area contributed by atoms with Crippen molar-refractivity contribution in [2.75, 3.05) is 23.8 Å². The van der Waals surface area contributed by atoms with E-state index in [9.17, 15) is 9.59 Å². The normalized spacial score (nSPS) is 18.3. The van der Waals surface area contributed by atoms with Gasteiger partial charge in [-0.3, -0.25) is 9.59 Å². The fourth-order valence-electron chi connectivity index (χ4n) is 4.01. The van der Waals surface area contributed by atoms with E-state index in [1.165, 1.54) is 0 Å². The molecule has 1 aliphatic rings. The monoisotopic (exact) mass is 436 g/mol. The number of carbonyl (C=O) groups is 1. The molecule has 0 bridgehead atoms. The average Bonchev–Trinajstić information content (AvgIpc) is 2.80. The van der Waals surface area contributed by atoms with Crippen LogP contribution < -0.4 is 16.2 Å². The van der Waals surface area contributed by atoms with Crippen LogP contribution in [0.3, 0.4) is 0 Å². The van der Waals surface area contributed by atoms with Crippen LogP contribution in [0.1, 0.15) is 38.2 Å². The Hall–Kier alpha value is -3.49. The summed E-state index contributed by atoms with van der Waals surface area (Å²) in [7, 11) is 0. The zero-order valence-corrected chi connectivity index (χ0v) is 18.1. The van der Waals surface area contributed by atoms with Crippen LogP contribution in [0.15, 0.2) is 41.6 Å². The number of esters is 1. The van der Waals surface area contributed by atoms with Crippen molar-refractivity contribution < 1.29 is 9.53 Å². The topological polar surface area (TPSA) is 122 Å². The van der Waals surface area contributed by atoms with Crippen molar-refractivity contribution in [1.82, 2.24) is 19.9 Å². The second-order valence-electron chi connectivity index (χ2n) is 8.08. The predicted molar refractivity (Wildman–Crippen MR) is 123 cm³/mol. The van der Waals surface area contributed by atoms with E-state index in [2.05, 4.69) is 30.6 Å². The number of nitrogens with one attached hydrogen (secondary N) is 3. The Bertz CT molecular complexity index is 1110. The van der Waals surface area contributed by atoms with Crippen LogP contribution in [0, 0.1) is 5.92 Å². The largest absolute Gasteiger partial charge is 0.466 e. The number of aromatic amines is 1. The summed E-state index contributed by atoms with van der Waals surface area (Å²) >= 11 is 0. The van der Waals surface area contributed by atoms with E-state index in [-0.39, 0.29) is 17.9 Å². The van der Waals surface area contributed by atoms with Gasteiger partial charge in [-0.1, -0.05) is 0 Å². The van der Waals surface area contributed by atoms with Gasteiger partial charge in [-0.2, -0.15) is 0 Å². The second kappa shape index (κ2) is 10.2.